The van der Waals surface area contributed by atoms with Crippen molar-refractivity contribution in [3.05, 3.63) is 22.2 Å². The zero-order chi connectivity index (χ0) is 14.7. The van der Waals surface area contributed by atoms with Gasteiger partial charge in [-0.3, -0.25) is 14.5 Å². The van der Waals surface area contributed by atoms with Gasteiger partial charge in [0.25, 0.3) is 0 Å². The molecule has 1 aromatic rings. The third-order valence-corrected chi connectivity index (χ3v) is 3.66. The van der Waals surface area contributed by atoms with E-state index in [0.717, 1.165) is 6.42 Å². The van der Waals surface area contributed by atoms with Gasteiger partial charge in [-0.05, 0) is 18.6 Å². The largest absolute Gasteiger partial charge is 0.374 e. The van der Waals surface area contributed by atoms with Crippen LogP contribution in [0.1, 0.15) is 13.3 Å². The number of nitrogens with zero attached hydrogens (tertiary/aromatic N) is 1. The Labute approximate surface area is 127 Å². The molecule has 108 valence electrons. The Morgan fingerprint density at radius 2 is 2.10 bits per heavy atom. The summed E-state index contributed by atoms with van der Waals surface area (Å²) in [6, 6.07) is 3.25. The third-order valence-electron chi connectivity index (χ3n) is 2.93. The molecule has 20 heavy (non-hydrogen) atoms. The molecule has 2 N–H and O–H groups in total. The summed E-state index contributed by atoms with van der Waals surface area (Å²) in [7, 11) is 0. The van der Waals surface area contributed by atoms with Gasteiger partial charge >= 0.3 is 0 Å². The van der Waals surface area contributed by atoms with Crippen LogP contribution in [0.3, 0.4) is 0 Å². The molecular weight excluding hydrogens is 301 g/mol. The molecule has 0 atom stereocenters. The second kappa shape index (κ2) is 6.33. The van der Waals surface area contributed by atoms with Crippen molar-refractivity contribution >= 4 is 46.4 Å². The van der Waals surface area contributed by atoms with Crippen molar-refractivity contribution in [2.75, 3.05) is 29.9 Å². The minimum absolute atomic E-state index is 0.0223. The third kappa shape index (κ3) is 3.16. The molecule has 0 bridgehead atoms. The number of halogens is 2. The van der Waals surface area contributed by atoms with Crippen molar-refractivity contribution in [3.8, 4) is 0 Å². The van der Waals surface area contributed by atoms with Crippen LogP contribution in [0.25, 0.3) is 0 Å². The first-order chi connectivity index (χ1) is 9.52. The number of carbonyl (C=O) groups is 2. The summed E-state index contributed by atoms with van der Waals surface area (Å²) in [5.74, 6) is -0.373. The molecule has 0 spiro atoms. The number of amides is 2. The number of hydrogen-bond acceptors (Lipinski definition) is 3. The van der Waals surface area contributed by atoms with Gasteiger partial charge in [0, 0.05) is 6.54 Å². The highest BCUT2D eigenvalue weighted by molar-refractivity contribution is 6.42. The van der Waals surface area contributed by atoms with Gasteiger partial charge in [-0.2, -0.15) is 0 Å². The van der Waals surface area contributed by atoms with Crippen molar-refractivity contribution < 1.29 is 9.59 Å². The molecule has 0 unspecified atom stereocenters. The van der Waals surface area contributed by atoms with Crippen LogP contribution in [-0.4, -0.2) is 31.4 Å². The highest BCUT2D eigenvalue weighted by Crippen LogP contribution is 2.36. The number of fused-ring (bicyclic) bond motifs is 1. The number of hydrogen-bond donors (Lipinski definition) is 2. The van der Waals surface area contributed by atoms with Gasteiger partial charge in [0.05, 0.1) is 28.0 Å². The lowest BCUT2D eigenvalue weighted by Crippen LogP contribution is -2.45. The highest BCUT2D eigenvalue weighted by atomic mass is 35.5. The van der Waals surface area contributed by atoms with Crippen LogP contribution >= 0.6 is 23.2 Å². The Hall–Kier alpha value is -1.46. The fraction of sp³-hybridized carbons (Fsp3) is 0.385. The number of rotatable bonds is 4. The van der Waals surface area contributed by atoms with Crippen molar-refractivity contribution in [1.82, 2.24) is 5.32 Å². The first-order valence-electron chi connectivity index (χ1n) is 6.33. The molecule has 1 aliphatic rings. The molecular formula is C13H15Cl2N3O2. The zero-order valence-electron chi connectivity index (χ0n) is 11.0. The maximum Gasteiger partial charge on any atom is 0.246 e. The molecule has 1 heterocycles. The SMILES string of the molecule is CCCNC(=O)CN1C(=O)CNc2cc(Cl)c(Cl)cc21. The van der Waals surface area contributed by atoms with Gasteiger partial charge in [0.1, 0.15) is 6.54 Å². The van der Waals surface area contributed by atoms with Crippen LogP contribution in [0.4, 0.5) is 11.4 Å². The number of benzene rings is 1. The lowest BCUT2D eigenvalue weighted by Gasteiger charge is -2.30. The molecule has 0 aromatic heterocycles. The van der Waals surface area contributed by atoms with E-state index in [1.165, 1.54) is 4.90 Å². The van der Waals surface area contributed by atoms with Gasteiger partial charge in [-0.25, -0.2) is 0 Å². The van der Waals surface area contributed by atoms with E-state index in [4.69, 9.17) is 23.2 Å². The second-order valence-electron chi connectivity index (χ2n) is 4.47. The van der Waals surface area contributed by atoms with Gasteiger partial charge in [-0.1, -0.05) is 30.1 Å². The molecule has 1 aliphatic heterocycles. The van der Waals surface area contributed by atoms with E-state index in [0.29, 0.717) is 28.0 Å². The van der Waals surface area contributed by atoms with E-state index in [-0.39, 0.29) is 24.9 Å². The normalized spacial score (nSPS) is 13.8. The molecule has 0 aliphatic carbocycles. The van der Waals surface area contributed by atoms with Crippen LogP contribution in [-0.2, 0) is 9.59 Å². The summed E-state index contributed by atoms with van der Waals surface area (Å²) in [6.45, 7) is 2.66. The maximum absolute atomic E-state index is 12.0. The molecule has 7 heteroatoms. The standard InChI is InChI=1S/C13H15Cl2N3O2/c1-2-3-16-12(19)7-18-11-5-9(15)8(14)4-10(11)17-6-13(18)20/h4-5,17H,2-3,6-7H2,1H3,(H,16,19). The van der Waals surface area contributed by atoms with Crippen molar-refractivity contribution in [2.24, 2.45) is 0 Å². The van der Waals surface area contributed by atoms with E-state index in [1.807, 2.05) is 6.92 Å². The quantitative estimate of drug-likeness (QED) is 0.896. The zero-order valence-corrected chi connectivity index (χ0v) is 12.5. The number of anilines is 2. The fourth-order valence-corrected chi connectivity index (χ4v) is 2.26. The fourth-order valence-electron chi connectivity index (χ4n) is 1.94. The summed E-state index contributed by atoms with van der Waals surface area (Å²) < 4.78 is 0. The van der Waals surface area contributed by atoms with E-state index in [2.05, 4.69) is 10.6 Å². The minimum Gasteiger partial charge on any atom is -0.374 e. The topological polar surface area (TPSA) is 61.4 Å². The summed E-state index contributed by atoms with van der Waals surface area (Å²) >= 11 is 11.9. The average Bonchev–Trinajstić information content (AvgIpc) is 2.42. The van der Waals surface area contributed by atoms with Crippen LogP contribution in [0.5, 0.6) is 0 Å². The molecule has 1 aromatic carbocycles. The molecule has 0 saturated carbocycles. The molecule has 0 fully saturated rings. The summed E-state index contributed by atoms with van der Waals surface area (Å²) in [5, 5.41) is 6.46. The minimum atomic E-state index is -0.195. The van der Waals surface area contributed by atoms with Crippen molar-refractivity contribution in [1.29, 1.82) is 0 Å². The maximum atomic E-state index is 12.0. The van der Waals surface area contributed by atoms with Crippen LogP contribution in [0, 0.1) is 0 Å². The average molecular weight is 316 g/mol. The van der Waals surface area contributed by atoms with Gasteiger partial charge in [-0.15, -0.1) is 0 Å². The Balaban J connectivity index is 2.23. The predicted octanol–water partition coefficient (Wildman–Crippen LogP) is 2.28. The van der Waals surface area contributed by atoms with Gasteiger partial charge in [0.15, 0.2) is 0 Å². The van der Waals surface area contributed by atoms with E-state index < -0.39 is 0 Å². The number of carbonyl (C=O) groups excluding carboxylic acids is 2. The summed E-state index contributed by atoms with van der Waals surface area (Å²) in [6.07, 6.45) is 0.846. The molecule has 2 rings (SSSR count). The molecule has 0 saturated heterocycles. The van der Waals surface area contributed by atoms with Crippen LogP contribution in [0.2, 0.25) is 10.0 Å². The second-order valence-corrected chi connectivity index (χ2v) is 5.28. The smallest absolute Gasteiger partial charge is 0.246 e. The lowest BCUT2D eigenvalue weighted by molar-refractivity contribution is -0.123. The molecule has 2 amide bonds. The Kier molecular flexibility index (Phi) is 4.73. The Morgan fingerprint density at radius 1 is 1.40 bits per heavy atom. The monoisotopic (exact) mass is 315 g/mol. The first kappa shape index (κ1) is 14.9. The summed E-state index contributed by atoms with van der Waals surface area (Å²) in [5.41, 5.74) is 1.27. The van der Waals surface area contributed by atoms with Crippen molar-refractivity contribution in [2.45, 2.75) is 13.3 Å². The van der Waals surface area contributed by atoms with E-state index in [9.17, 15) is 9.59 Å². The van der Waals surface area contributed by atoms with E-state index in [1.54, 1.807) is 12.1 Å². The Morgan fingerprint density at radius 3 is 2.80 bits per heavy atom. The Bertz CT molecular complexity index is 549. The summed E-state index contributed by atoms with van der Waals surface area (Å²) in [4.78, 5) is 25.2. The first-order valence-corrected chi connectivity index (χ1v) is 7.08. The number of nitrogens with one attached hydrogen (secondary N) is 2. The van der Waals surface area contributed by atoms with Gasteiger partial charge in [0.2, 0.25) is 11.8 Å². The highest BCUT2D eigenvalue weighted by Gasteiger charge is 2.26. The molecule has 5 nitrogen and oxygen atoms in total. The van der Waals surface area contributed by atoms with Crippen molar-refractivity contribution in [3.63, 3.8) is 0 Å². The van der Waals surface area contributed by atoms with Crippen LogP contribution in [0.15, 0.2) is 12.1 Å². The van der Waals surface area contributed by atoms with Gasteiger partial charge < -0.3 is 10.6 Å². The predicted molar refractivity (Wildman–Crippen MR) is 80.6 cm³/mol. The molecule has 0 radical (unpaired) electrons. The van der Waals surface area contributed by atoms with Crippen LogP contribution < -0.4 is 15.5 Å². The van der Waals surface area contributed by atoms with E-state index >= 15 is 0 Å². The lowest BCUT2D eigenvalue weighted by atomic mass is 10.2.